The molecule has 0 radical (unpaired) electrons. The van der Waals surface area contributed by atoms with Crippen LogP contribution in [0.15, 0.2) is 12.2 Å². The third-order valence-corrected chi connectivity index (χ3v) is 24.8. The molecule has 578 valence electrons. The molecule has 13 atom stereocenters. The second-order valence-electron chi connectivity index (χ2n) is 32.2. The van der Waals surface area contributed by atoms with E-state index in [0.29, 0.717) is 64.2 Å². The summed E-state index contributed by atoms with van der Waals surface area (Å²) in [5.41, 5.74) is -2.05. The van der Waals surface area contributed by atoms with Gasteiger partial charge < -0.3 is 69.5 Å². The molecule has 3 heterocycles. The van der Waals surface area contributed by atoms with Crippen LogP contribution in [0, 0.1) is 29.1 Å². The van der Waals surface area contributed by atoms with E-state index in [4.69, 9.17) is 32.7 Å². The van der Waals surface area contributed by atoms with Crippen molar-refractivity contribution in [3.05, 3.63) is 12.2 Å². The van der Waals surface area contributed by atoms with E-state index in [1.54, 1.807) is 11.8 Å². The minimum Gasteiger partial charge on any atom is -0.382 e. The standard InChI is InChI=1S/C75H120Cl2N12O14/c1-14-46(3)63-71(99)88(50-31-32-50)42-62(92)83(9)55-28-20-17-23-35-87(70(55)98)58(37-47-24-18-16-19-25-47)69(97)82(8)41-60(90)78-54(34-30-48-29-33-52(76)53(77)36-48)67(95)89-40-51(103-15-2)38-56(89)66(94)80-75(44-74(4,5)45-75)73(101)86(12)64(49-26-21-22-27-49)72(100)85(11)57(68(96)81(6)7)39-61(91)84(10)59(43-102-13)65(93)79-63/h17,20,46-59,63-64H,14-16,18-19,21-45H2,1-13H3,(H,78,90)(H,79,93)(H,80,94)/b20-17-/t46-,48?,51+,52?,53?,54-,55-,56-,57-,58-,59-,63-,64-/m0/s1. The second kappa shape index (κ2) is 36.5. The Morgan fingerprint density at radius 1 is 0.660 bits per heavy atom. The second-order valence-corrected chi connectivity index (χ2v) is 33.3. The zero-order chi connectivity index (χ0) is 75.5. The molecule has 12 amide bonds. The lowest BCUT2D eigenvalue weighted by atomic mass is 9.58. The van der Waals surface area contributed by atoms with Crippen LogP contribution in [0.25, 0.3) is 0 Å². The van der Waals surface area contributed by atoms with Crippen LogP contribution >= 0.6 is 23.2 Å². The molecule has 8 rings (SSSR count). The van der Waals surface area contributed by atoms with Crippen molar-refractivity contribution in [2.24, 2.45) is 29.1 Å². The third-order valence-electron chi connectivity index (χ3n) is 23.7. The predicted molar refractivity (Wildman–Crippen MR) is 389 cm³/mol. The molecule has 3 N–H and O–H groups in total. The molecule has 3 aliphatic heterocycles. The van der Waals surface area contributed by atoms with Crippen molar-refractivity contribution in [1.29, 1.82) is 0 Å². The lowest BCUT2D eigenvalue weighted by Gasteiger charge is -2.54. The van der Waals surface area contributed by atoms with Gasteiger partial charge in [0.15, 0.2) is 0 Å². The first-order valence-electron chi connectivity index (χ1n) is 38.1. The minimum absolute atomic E-state index is 0.0296. The van der Waals surface area contributed by atoms with Crippen molar-refractivity contribution in [2.45, 2.75) is 265 Å². The van der Waals surface area contributed by atoms with E-state index in [2.05, 4.69) is 16.0 Å². The first-order valence-corrected chi connectivity index (χ1v) is 39.0. The van der Waals surface area contributed by atoms with Gasteiger partial charge in [0, 0.05) is 94.0 Å². The average molecular weight is 1480 g/mol. The number of alkyl halides is 2. The van der Waals surface area contributed by atoms with Crippen molar-refractivity contribution in [2.75, 3.05) is 95.8 Å². The van der Waals surface area contributed by atoms with Crippen molar-refractivity contribution < 1.29 is 67.0 Å². The molecular formula is C75H120Cl2N12O14. The Hall–Kier alpha value is -6.12. The van der Waals surface area contributed by atoms with Crippen LogP contribution in [0.1, 0.15) is 189 Å². The van der Waals surface area contributed by atoms with Gasteiger partial charge in [-0.1, -0.05) is 91.2 Å². The molecule has 0 aromatic heterocycles. The summed E-state index contributed by atoms with van der Waals surface area (Å²) >= 11 is 13.4. The number of nitrogens with one attached hydrogen (secondary N) is 3. The normalized spacial score (nSPS) is 31.8. The number of hydrogen-bond acceptors (Lipinski definition) is 14. The molecule has 1 spiro atoms. The monoisotopic (exact) mass is 1480 g/mol. The topological polar surface area (TPSA) is 289 Å². The Bertz CT molecular complexity index is 3080. The number of nitrogens with zero attached hydrogens (tertiary/aromatic N) is 9. The van der Waals surface area contributed by atoms with Crippen LogP contribution in [0.5, 0.6) is 0 Å². The predicted octanol–water partition coefficient (Wildman–Crippen LogP) is 5.08. The fourth-order valence-corrected chi connectivity index (χ4v) is 18.0. The van der Waals surface area contributed by atoms with Crippen molar-refractivity contribution in [1.82, 2.24) is 60.0 Å². The maximum absolute atomic E-state index is 15.8. The number of ether oxygens (including phenoxy) is 2. The SMILES string of the molecule is CCO[C@@H]1C[C@H]2C(=O)NC3(CC(C)(C)C3)C(=O)N(C)[C@@H](C3CCCC3)C(=O)N(C)[C@H](C(=O)N(C)C)CC(=O)N(C)[C@@H](COC)C(=O)N[C@@H]([C@@H](C)CC)C(=O)N(C3CC3)CC(=O)N(C)[C@H]3C/C=C\CCN(C3=O)[C@@H](CC3CCCCC3)C(=O)N(C)CC(=O)N[C@@H](CCC3CCC(Cl)C(Cl)C3)C(=O)N2C1. The van der Waals surface area contributed by atoms with Gasteiger partial charge in [-0.05, 0) is 126 Å². The highest BCUT2D eigenvalue weighted by molar-refractivity contribution is 6.30. The number of amides is 12. The summed E-state index contributed by atoms with van der Waals surface area (Å²) in [6.45, 7) is 8.46. The summed E-state index contributed by atoms with van der Waals surface area (Å²) in [5.74, 6) is -7.97. The number of halogens is 2. The molecule has 3 unspecified atom stereocenters. The average Bonchev–Trinajstić information content (AvgIpc) is 1.16. The van der Waals surface area contributed by atoms with Crippen LogP contribution in [0.3, 0.4) is 0 Å². The van der Waals surface area contributed by atoms with E-state index >= 15 is 33.6 Å². The molecule has 5 saturated carbocycles. The Balaban J connectivity index is 1.20. The van der Waals surface area contributed by atoms with Crippen LogP contribution in [0.2, 0.25) is 0 Å². The molecule has 28 heteroatoms. The number of methoxy groups -OCH3 is 1. The van der Waals surface area contributed by atoms with E-state index in [0.717, 1.165) is 56.3 Å². The molecule has 8 aliphatic rings. The van der Waals surface area contributed by atoms with Gasteiger partial charge in [-0.15, -0.1) is 23.2 Å². The van der Waals surface area contributed by atoms with Crippen LogP contribution < -0.4 is 16.0 Å². The smallest absolute Gasteiger partial charge is 0.248 e. The van der Waals surface area contributed by atoms with Gasteiger partial charge in [0.25, 0.3) is 0 Å². The van der Waals surface area contributed by atoms with Crippen LogP contribution in [-0.2, 0) is 67.0 Å². The molecule has 103 heavy (non-hydrogen) atoms. The highest BCUT2D eigenvalue weighted by Gasteiger charge is 2.59. The Labute approximate surface area is 620 Å². The zero-order valence-electron chi connectivity index (χ0n) is 63.6. The van der Waals surface area contributed by atoms with E-state index in [9.17, 15) is 24.0 Å². The Morgan fingerprint density at radius 2 is 1.33 bits per heavy atom. The van der Waals surface area contributed by atoms with Gasteiger partial charge in [-0.2, -0.15) is 0 Å². The minimum atomic E-state index is -1.58. The summed E-state index contributed by atoms with van der Waals surface area (Å²) in [5, 5.41) is 8.53. The first kappa shape index (κ1) is 82.5. The van der Waals surface area contributed by atoms with Gasteiger partial charge in [0.1, 0.15) is 60.4 Å². The van der Waals surface area contributed by atoms with Crippen LogP contribution in [0.4, 0.5) is 0 Å². The van der Waals surface area contributed by atoms with Crippen molar-refractivity contribution in [3.63, 3.8) is 0 Å². The summed E-state index contributed by atoms with van der Waals surface area (Å²) in [4.78, 5) is 195. The summed E-state index contributed by atoms with van der Waals surface area (Å²) in [6, 6.07) is -10.2. The number of carbonyl (C=O) groups excluding carboxylic acids is 12. The van der Waals surface area contributed by atoms with Crippen LogP contribution in [-0.4, -0.2) is 288 Å². The maximum atomic E-state index is 15.8. The Morgan fingerprint density at radius 3 is 1.94 bits per heavy atom. The molecule has 7 fully saturated rings. The zero-order valence-corrected chi connectivity index (χ0v) is 65.1. The highest BCUT2D eigenvalue weighted by atomic mass is 35.5. The summed E-state index contributed by atoms with van der Waals surface area (Å²) < 4.78 is 11.7. The Kier molecular flexibility index (Phi) is 29.2. The van der Waals surface area contributed by atoms with Gasteiger partial charge in [0.05, 0.1) is 31.1 Å². The van der Waals surface area contributed by atoms with Gasteiger partial charge in [0.2, 0.25) is 70.9 Å². The largest absolute Gasteiger partial charge is 0.382 e. The molecule has 0 aromatic rings. The van der Waals surface area contributed by atoms with Gasteiger partial charge in [-0.3, -0.25) is 57.5 Å². The third kappa shape index (κ3) is 20.1. The fraction of sp³-hybridized carbons (Fsp3) is 0.813. The fourth-order valence-electron chi connectivity index (χ4n) is 17.4. The molecular weight excluding hydrogens is 1360 g/mol. The molecule has 2 saturated heterocycles. The van der Waals surface area contributed by atoms with E-state index in [-0.39, 0.29) is 87.0 Å². The number of carbonyl (C=O) groups is 12. The highest BCUT2D eigenvalue weighted by Crippen LogP contribution is 2.50. The van der Waals surface area contributed by atoms with E-state index in [1.807, 2.05) is 39.8 Å². The lowest BCUT2D eigenvalue weighted by molar-refractivity contribution is -0.161. The molecule has 5 aliphatic carbocycles. The summed E-state index contributed by atoms with van der Waals surface area (Å²) in [7, 11) is 11.7. The number of fused-ring (bicyclic) bond motifs is 3. The number of rotatable bonds is 14. The van der Waals surface area contributed by atoms with Gasteiger partial charge in [-0.25, -0.2) is 0 Å². The lowest BCUT2D eigenvalue weighted by Crippen LogP contribution is -2.71. The molecule has 26 nitrogen and oxygen atoms in total. The van der Waals surface area contributed by atoms with E-state index < -0.39 is 168 Å². The van der Waals surface area contributed by atoms with Crippen molar-refractivity contribution >= 4 is 94.1 Å². The molecule has 2 bridgehead atoms. The van der Waals surface area contributed by atoms with Gasteiger partial charge >= 0.3 is 0 Å². The number of likely N-dealkylation sites (N-methyl/N-ethyl adjacent to an activating group) is 6. The quantitative estimate of drug-likeness (QED) is 0.151. The molecule has 0 aromatic carbocycles. The summed E-state index contributed by atoms with van der Waals surface area (Å²) in [6.07, 6.45) is 15.0. The number of hydrogen-bond donors (Lipinski definition) is 3. The first-order chi connectivity index (χ1) is 48.8. The maximum Gasteiger partial charge on any atom is 0.248 e. The van der Waals surface area contributed by atoms with Crippen molar-refractivity contribution in [3.8, 4) is 0 Å². The van der Waals surface area contributed by atoms with E-state index in [1.165, 1.54) is 90.7 Å².